The van der Waals surface area contributed by atoms with Gasteiger partial charge < -0.3 is 14.4 Å². The summed E-state index contributed by atoms with van der Waals surface area (Å²) in [7, 11) is 1.62. The van der Waals surface area contributed by atoms with Gasteiger partial charge in [-0.15, -0.1) is 0 Å². The lowest BCUT2D eigenvalue weighted by molar-refractivity contribution is 0.0620. The monoisotopic (exact) mass is 368 g/mol. The Kier molecular flexibility index (Phi) is 6.71. The lowest BCUT2D eigenvalue weighted by Gasteiger charge is -2.34. The predicted molar refractivity (Wildman–Crippen MR) is 107 cm³/mol. The highest BCUT2D eigenvalue weighted by atomic mass is 16.5. The molecule has 27 heavy (non-hydrogen) atoms. The maximum Gasteiger partial charge on any atom is 0.253 e. The van der Waals surface area contributed by atoms with Crippen molar-refractivity contribution in [3.8, 4) is 11.5 Å². The minimum atomic E-state index is 0.0876. The van der Waals surface area contributed by atoms with Crippen LogP contribution in [0.4, 0.5) is 0 Å². The number of nitrogens with zero attached hydrogens (tertiary/aromatic N) is 2. The van der Waals surface area contributed by atoms with Gasteiger partial charge in [-0.3, -0.25) is 9.69 Å². The van der Waals surface area contributed by atoms with E-state index in [1.165, 1.54) is 5.56 Å². The Hall–Kier alpha value is -2.53. The smallest absolute Gasteiger partial charge is 0.253 e. The summed E-state index contributed by atoms with van der Waals surface area (Å²) in [6, 6.07) is 15.6. The van der Waals surface area contributed by atoms with E-state index < -0.39 is 0 Å². The Morgan fingerprint density at radius 2 is 1.56 bits per heavy atom. The number of amides is 1. The molecule has 0 radical (unpaired) electrons. The Bertz CT molecular complexity index is 720. The normalized spacial score (nSPS) is 14.8. The van der Waals surface area contributed by atoms with Crippen LogP contribution in [-0.4, -0.2) is 62.1 Å². The Balaban J connectivity index is 1.40. The van der Waals surface area contributed by atoms with Crippen LogP contribution in [0.5, 0.6) is 11.5 Å². The van der Waals surface area contributed by atoms with E-state index in [2.05, 4.69) is 24.0 Å². The number of methoxy groups -OCH3 is 1. The van der Waals surface area contributed by atoms with E-state index >= 15 is 0 Å². The molecule has 5 nitrogen and oxygen atoms in total. The van der Waals surface area contributed by atoms with Crippen LogP contribution in [-0.2, 0) is 6.42 Å². The molecule has 1 amide bonds. The number of aryl methyl sites for hydroxylation is 1. The van der Waals surface area contributed by atoms with E-state index in [0.29, 0.717) is 12.2 Å². The van der Waals surface area contributed by atoms with Gasteiger partial charge in [0.25, 0.3) is 5.91 Å². The molecule has 0 N–H and O–H groups in total. The van der Waals surface area contributed by atoms with Gasteiger partial charge >= 0.3 is 0 Å². The molecular formula is C22H28N2O3. The van der Waals surface area contributed by atoms with Gasteiger partial charge in [0.05, 0.1) is 7.11 Å². The van der Waals surface area contributed by atoms with Crippen molar-refractivity contribution >= 4 is 5.91 Å². The molecule has 0 unspecified atom stereocenters. The van der Waals surface area contributed by atoms with Crippen LogP contribution in [0.15, 0.2) is 48.5 Å². The number of rotatable bonds is 7. The fourth-order valence-corrected chi connectivity index (χ4v) is 3.20. The molecule has 144 valence electrons. The quantitative estimate of drug-likeness (QED) is 0.753. The van der Waals surface area contributed by atoms with Crippen molar-refractivity contribution in [3.05, 3.63) is 59.7 Å². The summed E-state index contributed by atoms with van der Waals surface area (Å²) < 4.78 is 11.0. The zero-order chi connectivity index (χ0) is 19.1. The number of carbonyl (C=O) groups excluding carboxylic acids is 1. The van der Waals surface area contributed by atoms with Crippen molar-refractivity contribution in [1.29, 1.82) is 0 Å². The third-order valence-corrected chi connectivity index (χ3v) is 5.00. The number of benzene rings is 2. The topological polar surface area (TPSA) is 42.0 Å². The zero-order valence-corrected chi connectivity index (χ0v) is 16.2. The van der Waals surface area contributed by atoms with Crippen LogP contribution in [0.3, 0.4) is 0 Å². The highest BCUT2D eigenvalue weighted by Crippen LogP contribution is 2.15. The van der Waals surface area contributed by atoms with Gasteiger partial charge in [0.15, 0.2) is 0 Å². The van der Waals surface area contributed by atoms with Crippen LogP contribution in [0, 0.1) is 0 Å². The minimum absolute atomic E-state index is 0.0876. The van der Waals surface area contributed by atoms with Gasteiger partial charge in [-0.25, -0.2) is 0 Å². The van der Waals surface area contributed by atoms with Crippen molar-refractivity contribution in [1.82, 2.24) is 9.80 Å². The second-order valence-corrected chi connectivity index (χ2v) is 6.71. The first kappa shape index (κ1) is 19.2. The number of ether oxygens (including phenoxy) is 2. The highest BCUT2D eigenvalue weighted by Gasteiger charge is 2.22. The molecule has 3 rings (SSSR count). The van der Waals surface area contributed by atoms with E-state index in [1.54, 1.807) is 7.11 Å². The SMILES string of the molecule is CCc1ccc(OCCN2CCN(C(=O)c3ccc(OC)cc3)CC2)cc1. The maximum atomic E-state index is 12.6. The molecule has 0 atom stereocenters. The van der Waals surface area contributed by atoms with E-state index in [-0.39, 0.29) is 5.91 Å². The van der Waals surface area contributed by atoms with E-state index in [0.717, 1.165) is 50.6 Å². The van der Waals surface area contributed by atoms with Crippen molar-refractivity contribution < 1.29 is 14.3 Å². The summed E-state index contributed by atoms with van der Waals surface area (Å²) in [4.78, 5) is 16.9. The van der Waals surface area contributed by atoms with Crippen LogP contribution in [0.2, 0.25) is 0 Å². The summed E-state index contributed by atoms with van der Waals surface area (Å²) in [5.41, 5.74) is 2.03. The number of hydrogen-bond acceptors (Lipinski definition) is 4. The van der Waals surface area contributed by atoms with E-state index in [9.17, 15) is 4.79 Å². The summed E-state index contributed by atoms with van der Waals surface area (Å²) in [6.07, 6.45) is 1.04. The van der Waals surface area contributed by atoms with Gasteiger partial charge in [-0.1, -0.05) is 19.1 Å². The molecule has 1 fully saturated rings. The summed E-state index contributed by atoms with van der Waals surface area (Å²) in [5, 5.41) is 0. The average molecular weight is 368 g/mol. The van der Waals surface area contributed by atoms with Crippen molar-refractivity contribution in [2.75, 3.05) is 46.4 Å². The highest BCUT2D eigenvalue weighted by molar-refractivity contribution is 5.94. The Morgan fingerprint density at radius 1 is 0.926 bits per heavy atom. The van der Waals surface area contributed by atoms with Crippen LogP contribution >= 0.6 is 0 Å². The fourth-order valence-electron chi connectivity index (χ4n) is 3.20. The maximum absolute atomic E-state index is 12.6. The molecule has 1 aliphatic rings. The second-order valence-electron chi connectivity index (χ2n) is 6.71. The summed E-state index contributed by atoms with van der Waals surface area (Å²) >= 11 is 0. The zero-order valence-electron chi connectivity index (χ0n) is 16.2. The third kappa shape index (κ3) is 5.23. The fraction of sp³-hybridized carbons (Fsp3) is 0.409. The first-order chi connectivity index (χ1) is 13.2. The predicted octanol–water partition coefficient (Wildman–Crippen LogP) is 3.09. The van der Waals surface area contributed by atoms with Crippen LogP contribution in [0.1, 0.15) is 22.8 Å². The summed E-state index contributed by atoms with van der Waals surface area (Å²) in [6.45, 7) is 6.93. The van der Waals surface area contributed by atoms with E-state index in [1.807, 2.05) is 41.3 Å². The van der Waals surface area contributed by atoms with Gasteiger partial charge in [-0.05, 0) is 48.4 Å². The first-order valence-electron chi connectivity index (χ1n) is 9.57. The number of piperazine rings is 1. The average Bonchev–Trinajstić information content (AvgIpc) is 2.74. The number of carbonyl (C=O) groups is 1. The molecule has 0 aliphatic carbocycles. The van der Waals surface area contributed by atoms with Crippen molar-refractivity contribution in [2.45, 2.75) is 13.3 Å². The van der Waals surface area contributed by atoms with Crippen LogP contribution < -0.4 is 9.47 Å². The lowest BCUT2D eigenvalue weighted by Crippen LogP contribution is -2.49. The van der Waals surface area contributed by atoms with Crippen molar-refractivity contribution in [2.24, 2.45) is 0 Å². The molecule has 0 saturated carbocycles. The lowest BCUT2D eigenvalue weighted by atomic mass is 10.1. The molecule has 0 spiro atoms. The minimum Gasteiger partial charge on any atom is -0.497 e. The van der Waals surface area contributed by atoms with E-state index in [4.69, 9.17) is 9.47 Å². The van der Waals surface area contributed by atoms with Gasteiger partial charge in [0.2, 0.25) is 0 Å². The first-order valence-corrected chi connectivity index (χ1v) is 9.57. The molecule has 5 heteroatoms. The van der Waals surface area contributed by atoms with Gasteiger partial charge in [0, 0.05) is 38.3 Å². The number of hydrogen-bond donors (Lipinski definition) is 0. The van der Waals surface area contributed by atoms with Gasteiger partial charge in [0.1, 0.15) is 18.1 Å². The Labute approximate surface area is 161 Å². The van der Waals surface area contributed by atoms with Crippen molar-refractivity contribution in [3.63, 3.8) is 0 Å². The molecule has 1 saturated heterocycles. The standard InChI is InChI=1S/C22H28N2O3/c1-3-18-4-8-21(9-5-18)27-17-16-23-12-14-24(15-13-23)22(25)19-6-10-20(26-2)11-7-19/h4-11H,3,12-17H2,1-2H3. The molecule has 0 aromatic heterocycles. The molecule has 1 aliphatic heterocycles. The molecule has 1 heterocycles. The molecular weight excluding hydrogens is 340 g/mol. The van der Waals surface area contributed by atoms with Gasteiger partial charge in [-0.2, -0.15) is 0 Å². The largest absolute Gasteiger partial charge is 0.497 e. The van der Waals surface area contributed by atoms with Crippen LogP contribution in [0.25, 0.3) is 0 Å². The third-order valence-electron chi connectivity index (χ3n) is 5.00. The Morgan fingerprint density at radius 3 is 2.15 bits per heavy atom. The summed E-state index contributed by atoms with van der Waals surface area (Å²) in [5.74, 6) is 1.77. The molecule has 2 aromatic carbocycles. The molecule has 0 bridgehead atoms. The molecule has 2 aromatic rings. The second kappa shape index (κ2) is 9.42.